The summed E-state index contributed by atoms with van der Waals surface area (Å²) in [6, 6.07) is 1.93. The van der Waals surface area contributed by atoms with Crippen LogP contribution in [0.15, 0.2) is 6.07 Å². The number of hydrogen-bond acceptors (Lipinski definition) is 4. The van der Waals surface area contributed by atoms with E-state index in [1.54, 1.807) is 0 Å². The summed E-state index contributed by atoms with van der Waals surface area (Å²) in [5.74, 6) is 1.05. The van der Waals surface area contributed by atoms with E-state index >= 15 is 0 Å². The lowest BCUT2D eigenvalue weighted by atomic mass is 9.93. The molecule has 2 N–H and O–H groups in total. The largest absolute Gasteiger partial charge is 0.370 e. The number of halogens is 1. The van der Waals surface area contributed by atoms with Crippen LogP contribution in [0.5, 0.6) is 0 Å². The minimum Gasteiger partial charge on any atom is -0.370 e. The van der Waals surface area contributed by atoms with Crippen LogP contribution < -0.4 is 10.6 Å². The van der Waals surface area contributed by atoms with Gasteiger partial charge in [0.2, 0.25) is 11.2 Å². The zero-order chi connectivity index (χ0) is 13.1. The number of amides is 1. The van der Waals surface area contributed by atoms with Gasteiger partial charge in [0, 0.05) is 31.3 Å². The summed E-state index contributed by atoms with van der Waals surface area (Å²) in [4.78, 5) is 21.3. The molecular weight excluding hydrogens is 252 g/mol. The van der Waals surface area contributed by atoms with Crippen LogP contribution in [0.4, 0.5) is 5.82 Å². The number of hydrogen-bond donors (Lipinski definition) is 1. The first kappa shape index (κ1) is 13.1. The number of nitrogens with zero attached hydrogens (tertiary/aromatic N) is 3. The smallest absolute Gasteiger partial charge is 0.224 e. The van der Waals surface area contributed by atoms with Gasteiger partial charge in [-0.25, -0.2) is 9.97 Å². The van der Waals surface area contributed by atoms with Gasteiger partial charge >= 0.3 is 0 Å². The van der Waals surface area contributed by atoms with E-state index < -0.39 is 0 Å². The minimum atomic E-state index is -0.214. The van der Waals surface area contributed by atoms with E-state index in [1.807, 2.05) is 13.0 Å². The Labute approximate surface area is 111 Å². The fourth-order valence-corrected chi connectivity index (χ4v) is 2.55. The Morgan fingerprint density at radius 2 is 2.17 bits per heavy atom. The molecule has 0 bridgehead atoms. The van der Waals surface area contributed by atoms with E-state index in [9.17, 15) is 4.79 Å². The highest BCUT2D eigenvalue weighted by Gasteiger charge is 2.21. The average Bonchev–Trinajstić information content (AvgIpc) is 2.27. The second-order valence-corrected chi connectivity index (χ2v) is 5.08. The van der Waals surface area contributed by atoms with Crippen molar-refractivity contribution < 1.29 is 4.79 Å². The van der Waals surface area contributed by atoms with Crippen molar-refractivity contribution in [3.8, 4) is 0 Å². The minimum absolute atomic E-state index is 0.214. The molecule has 0 unspecified atom stereocenters. The summed E-state index contributed by atoms with van der Waals surface area (Å²) < 4.78 is 0. The third-order valence-corrected chi connectivity index (χ3v) is 3.41. The summed E-state index contributed by atoms with van der Waals surface area (Å²) >= 11 is 5.86. The number of aryl methyl sites for hydroxylation is 1. The van der Waals surface area contributed by atoms with E-state index in [2.05, 4.69) is 14.9 Å². The summed E-state index contributed by atoms with van der Waals surface area (Å²) in [6.07, 6.45) is 2.41. The van der Waals surface area contributed by atoms with Crippen LogP contribution in [-0.2, 0) is 4.79 Å². The van der Waals surface area contributed by atoms with Gasteiger partial charge in [-0.05, 0) is 37.3 Å². The highest BCUT2D eigenvalue weighted by atomic mass is 35.5. The molecule has 1 aliphatic heterocycles. The van der Waals surface area contributed by atoms with Crippen LogP contribution >= 0.6 is 11.6 Å². The number of carbonyl (C=O) groups is 1. The molecule has 0 radical (unpaired) electrons. The molecule has 5 nitrogen and oxygen atoms in total. The number of carbonyl (C=O) groups excluding carboxylic acids is 1. The third kappa shape index (κ3) is 3.32. The lowest BCUT2D eigenvalue weighted by Gasteiger charge is -2.32. The quantitative estimate of drug-likeness (QED) is 0.844. The summed E-state index contributed by atoms with van der Waals surface area (Å²) in [5.41, 5.74) is 6.08. The molecule has 98 valence electrons. The van der Waals surface area contributed by atoms with Gasteiger partial charge in [-0.2, -0.15) is 0 Å². The first-order valence-electron chi connectivity index (χ1n) is 6.09. The molecule has 1 aromatic rings. The molecule has 0 aromatic carbocycles. The van der Waals surface area contributed by atoms with Crippen LogP contribution in [0.3, 0.4) is 0 Å². The van der Waals surface area contributed by atoms with Gasteiger partial charge < -0.3 is 10.6 Å². The second-order valence-electron chi connectivity index (χ2n) is 4.74. The maximum atomic E-state index is 10.9. The Morgan fingerprint density at radius 3 is 2.72 bits per heavy atom. The molecule has 0 atom stereocenters. The van der Waals surface area contributed by atoms with Crippen molar-refractivity contribution >= 4 is 23.3 Å². The Morgan fingerprint density at radius 1 is 1.50 bits per heavy atom. The molecule has 0 aliphatic carbocycles. The molecule has 1 saturated heterocycles. The van der Waals surface area contributed by atoms with E-state index in [-0.39, 0.29) is 11.2 Å². The lowest BCUT2D eigenvalue weighted by Crippen LogP contribution is -2.35. The maximum Gasteiger partial charge on any atom is 0.224 e. The Kier molecular flexibility index (Phi) is 4.01. The number of rotatable bonds is 3. The molecule has 2 heterocycles. The summed E-state index contributed by atoms with van der Waals surface area (Å²) in [7, 11) is 0. The molecule has 18 heavy (non-hydrogen) atoms. The molecule has 1 amide bonds. The lowest BCUT2D eigenvalue weighted by molar-refractivity contribution is -0.119. The molecule has 6 heteroatoms. The predicted molar refractivity (Wildman–Crippen MR) is 70.5 cm³/mol. The number of primary amides is 1. The van der Waals surface area contributed by atoms with Crippen molar-refractivity contribution in [2.24, 2.45) is 11.7 Å². The predicted octanol–water partition coefficient (Wildman–Crippen LogP) is 1.53. The average molecular weight is 269 g/mol. The monoisotopic (exact) mass is 268 g/mol. The van der Waals surface area contributed by atoms with E-state index in [1.165, 1.54) is 0 Å². The van der Waals surface area contributed by atoms with Crippen molar-refractivity contribution in [3.63, 3.8) is 0 Å². The van der Waals surface area contributed by atoms with Gasteiger partial charge in [-0.3, -0.25) is 4.79 Å². The molecule has 1 aliphatic rings. The van der Waals surface area contributed by atoms with E-state index in [4.69, 9.17) is 17.3 Å². The normalized spacial score (nSPS) is 16.9. The van der Waals surface area contributed by atoms with Gasteiger partial charge in [0.1, 0.15) is 5.82 Å². The van der Waals surface area contributed by atoms with Crippen LogP contribution in [0.25, 0.3) is 0 Å². The van der Waals surface area contributed by atoms with Crippen molar-refractivity contribution in [2.45, 2.75) is 26.2 Å². The van der Waals surface area contributed by atoms with Gasteiger partial charge in [0.25, 0.3) is 0 Å². The zero-order valence-electron chi connectivity index (χ0n) is 10.4. The fourth-order valence-electron chi connectivity index (χ4n) is 2.33. The molecule has 2 rings (SSSR count). The summed E-state index contributed by atoms with van der Waals surface area (Å²) in [5, 5.41) is 0.282. The van der Waals surface area contributed by atoms with Crippen molar-refractivity contribution in [3.05, 3.63) is 17.0 Å². The molecule has 0 spiro atoms. The van der Waals surface area contributed by atoms with Gasteiger partial charge in [-0.15, -0.1) is 0 Å². The highest BCUT2D eigenvalue weighted by Crippen LogP contribution is 2.24. The standard InChI is InChI=1S/C12H17ClN4O/c1-8-6-11(16-12(13)15-8)17-4-2-9(3-5-17)7-10(14)18/h6,9H,2-5,7H2,1H3,(H2,14,18). The number of piperidine rings is 1. The van der Waals surface area contributed by atoms with Gasteiger partial charge in [0.05, 0.1) is 0 Å². The number of anilines is 1. The molecule has 0 saturated carbocycles. The molecule has 1 aromatic heterocycles. The van der Waals surface area contributed by atoms with Crippen LogP contribution in [0, 0.1) is 12.8 Å². The van der Waals surface area contributed by atoms with Crippen molar-refractivity contribution in [2.75, 3.05) is 18.0 Å². The first-order chi connectivity index (χ1) is 8.54. The Bertz CT molecular complexity index is 423. The van der Waals surface area contributed by atoms with Crippen LogP contribution in [0.1, 0.15) is 25.0 Å². The SMILES string of the molecule is Cc1cc(N2CCC(CC(N)=O)CC2)nc(Cl)n1. The fraction of sp³-hybridized carbons (Fsp3) is 0.583. The number of nitrogens with two attached hydrogens (primary N) is 1. The third-order valence-electron chi connectivity index (χ3n) is 3.24. The second kappa shape index (κ2) is 5.52. The van der Waals surface area contributed by atoms with Gasteiger partial charge in [-0.1, -0.05) is 0 Å². The highest BCUT2D eigenvalue weighted by molar-refractivity contribution is 6.28. The van der Waals surface area contributed by atoms with Crippen molar-refractivity contribution in [1.29, 1.82) is 0 Å². The number of aromatic nitrogens is 2. The van der Waals surface area contributed by atoms with E-state index in [0.717, 1.165) is 37.4 Å². The maximum absolute atomic E-state index is 10.9. The van der Waals surface area contributed by atoms with Crippen LogP contribution in [-0.4, -0.2) is 29.0 Å². The summed E-state index contributed by atoms with van der Waals surface area (Å²) in [6.45, 7) is 3.66. The van der Waals surface area contributed by atoms with Crippen molar-refractivity contribution in [1.82, 2.24) is 9.97 Å². The van der Waals surface area contributed by atoms with E-state index in [0.29, 0.717) is 12.3 Å². The first-order valence-corrected chi connectivity index (χ1v) is 6.47. The topological polar surface area (TPSA) is 72.1 Å². The zero-order valence-corrected chi connectivity index (χ0v) is 11.2. The molecular formula is C12H17ClN4O. The van der Waals surface area contributed by atoms with Crippen LogP contribution in [0.2, 0.25) is 5.28 Å². The van der Waals surface area contributed by atoms with Gasteiger partial charge in [0.15, 0.2) is 0 Å². The Balaban J connectivity index is 1.98. The molecule has 1 fully saturated rings. The Hall–Kier alpha value is -1.36.